The molecule has 0 atom stereocenters. The van der Waals surface area contributed by atoms with Crippen molar-refractivity contribution in [2.75, 3.05) is 0 Å². The molecule has 234 valence electrons. The molecule has 0 spiro atoms. The van der Waals surface area contributed by atoms with Gasteiger partial charge in [0.05, 0.1) is 11.4 Å². The average molecular weight is 658 g/mol. The molecule has 0 fully saturated rings. The number of nitrogens with zero attached hydrogens (tertiary/aromatic N) is 3. The minimum atomic E-state index is 0.669. The SMILES string of the molecule is c1ccc(-c2cc(-c3ccc(-c4cccc5sc6ccccc6c45)c4oc5ccccc5c34)nc(-c3ccc(-c4ccncc4)cc3)n2)cc1. The summed E-state index contributed by atoms with van der Waals surface area (Å²) in [5.41, 5.74) is 10.9. The first-order valence-electron chi connectivity index (χ1n) is 16.6. The Hall–Kier alpha value is -6.43. The molecule has 0 aliphatic rings. The van der Waals surface area contributed by atoms with E-state index in [9.17, 15) is 0 Å². The quantitative estimate of drug-likeness (QED) is 0.185. The highest BCUT2D eigenvalue weighted by atomic mass is 32.1. The zero-order valence-electron chi connectivity index (χ0n) is 26.7. The van der Waals surface area contributed by atoms with Crippen LogP contribution in [0.5, 0.6) is 0 Å². The fourth-order valence-electron chi connectivity index (χ4n) is 7.08. The van der Waals surface area contributed by atoms with Gasteiger partial charge in [0.25, 0.3) is 0 Å². The maximum absolute atomic E-state index is 6.78. The smallest absolute Gasteiger partial charge is 0.160 e. The molecule has 0 saturated heterocycles. The molecule has 4 heterocycles. The molecule has 10 aromatic rings. The third-order valence-electron chi connectivity index (χ3n) is 9.45. The Morgan fingerprint density at radius 2 is 1.12 bits per heavy atom. The Labute approximate surface area is 292 Å². The van der Waals surface area contributed by atoms with Gasteiger partial charge in [-0.1, -0.05) is 109 Å². The first-order valence-corrected chi connectivity index (χ1v) is 17.4. The van der Waals surface area contributed by atoms with Crippen molar-refractivity contribution in [3.63, 3.8) is 0 Å². The third kappa shape index (κ3) is 4.71. The molecule has 0 aliphatic heterocycles. The largest absolute Gasteiger partial charge is 0.455 e. The van der Waals surface area contributed by atoms with Crippen molar-refractivity contribution >= 4 is 53.4 Å². The minimum Gasteiger partial charge on any atom is -0.455 e. The normalized spacial score (nSPS) is 11.6. The summed E-state index contributed by atoms with van der Waals surface area (Å²) in [5.74, 6) is 0.669. The summed E-state index contributed by atoms with van der Waals surface area (Å²) in [6.07, 6.45) is 3.63. The average Bonchev–Trinajstić information content (AvgIpc) is 3.77. The Morgan fingerprint density at radius 3 is 1.98 bits per heavy atom. The van der Waals surface area contributed by atoms with Gasteiger partial charge < -0.3 is 4.42 Å². The Morgan fingerprint density at radius 1 is 0.440 bits per heavy atom. The second kappa shape index (κ2) is 11.6. The van der Waals surface area contributed by atoms with E-state index in [-0.39, 0.29) is 0 Å². The van der Waals surface area contributed by atoms with Crippen LogP contribution in [0, 0.1) is 0 Å². The Bertz CT molecular complexity index is 2860. The van der Waals surface area contributed by atoms with Gasteiger partial charge in [0.2, 0.25) is 0 Å². The van der Waals surface area contributed by atoms with Crippen molar-refractivity contribution in [2.45, 2.75) is 0 Å². The lowest BCUT2D eigenvalue weighted by Crippen LogP contribution is -1.96. The van der Waals surface area contributed by atoms with E-state index < -0.39 is 0 Å². The lowest BCUT2D eigenvalue weighted by Gasteiger charge is -2.12. The zero-order chi connectivity index (χ0) is 33.0. The number of benzene rings is 6. The number of fused-ring (bicyclic) bond motifs is 6. The van der Waals surface area contributed by atoms with Crippen LogP contribution in [0.25, 0.3) is 98.3 Å². The van der Waals surface area contributed by atoms with Gasteiger partial charge in [-0.3, -0.25) is 4.98 Å². The summed E-state index contributed by atoms with van der Waals surface area (Å²) >= 11 is 1.83. The van der Waals surface area contributed by atoms with Crippen molar-refractivity contribution in [1.82, 2.24) is 15.0 Å². The lowest BCUT2D eigenvalue weighted by molar-refractivity contribution is 0.670. The highest BCUT2D eigenvalue weighted by Gasteiger charge is 2.21. The van der Waals surface area contributed by atoms with Gasteiger partial charge in [0, 0.05) is 65.6 Å². The van der Waals surface area contributed by atoms with Gasteiger partial charge in [-0.15, -0.1) is 11.3 Å². The number of thiophene rings is 1. The molecule has 0 unspecified atom stereocenters. The zero-order valence-corrected chi connectivity index (χ0v) is 27.6. The van der Waals surface area contributed by atoms with Crippen molar-refractivity contribution in [3.05, 3.63) is 164 Å². The van der Waals surface area contributed by atoms with Gasteiger partial charge in [0.1, 0.15) is 11.2 Å². The monoisotopic (exact) mass is 657 g/mol. The van der Waals surface area contributed by atoms with Gasteiger partial charge in [-0.05, 0) is 59.2 Å². The highest BCUT2D eigenvalue weighted by molar-refractivity contribution is 7.25. The topological polar surface area (TPSA) is 51.8 Å². The second-order valence-electron chi connectivity index (χ2n) is 12.4. The molecule has 6 aromatic carbocycles. The molecule has 50 heavy (non-hydrogen) atoms. The molecule has 4 aromatic heterocycles. The molecule has 0 saturated carbocycles. The van der Waals surface area contributed by atoms with E-state index in [1.165, 1.54) is 20.2 Å². The van der Waals surface area contributed by atoms with Gasteiger partial charge >= 0.3 is 0 Å². The number of aromatic nitrogens is 3. The molecule has 5 heteroatoms. The maximum Gasteiger partial charge on any atom is 0.160 e. The summed E-state index contributed by atoms with van der Waals surface area (Å²) in [4.78, 5) is 14.5. The summed E-state index contributed by atoms with van der Waals surface area (Å²) in [5, 5.41) is 4.63. The van der Waals surface area contributed by atoms with Crippen LogP contribution >= 0.6 is 11.3 Å². The van der Waals surface area contributed by atoms with Gasteiger partial charge in [0.15, 0.2) is 5.82 Å². The minimum absolute atomic E-state index is 0.669. The molecular formula is C45H27N3OS. The van der Waals surface area contributed by atoms with Crippen LogP contribution in [-0.4, -0.2) is 15.0 Å². The predicted molar refractivity (Wildman–Crippen MR) is 207 cm³/mol. The first-order chi connectivity index (χ1) is 24.8. The third-order valence-corrected chi connectivity index (χ3v) is 10.6. The molecule has 0 bridgehead atoms. The van der Waals surface area contributed by atoms with E-state index in [0.29, 0.717) is 5.82 Å². The summed E-state index contributed by atoms with van der Waals surface area (Å²) in [7, 11) is 0. The second-order valence-corrected chi connectivity index (χ2v) is 13.5. The summed E-state index contributed by atoms with van der Waals surface area (Å²) < 4.78 is 9.32. The molecule has 10 rings (SSSR count). The van der Waals surface area contributed by atoms with Crippen LogP contribution in [0.1, 0.15) is 0 Å². The van der Waals surface area contributed by atoms with E-state index in [2.05, 4.69) is 120 Å². The number of hydrogen-bond donors (Lipinski definition) is 0. The molecule has 0 aliphatic carbocycles. The standard InChI is InChI=1S/C45H27N3OS/c1-2-9-30(10-3-1)37-27-38(48-45(47-37)31-19-17-28(18-20-31)29-23-25-46-26-24-29)34-22-21-33(44-43(34)35-11-4-6-14-39(35)49-44)32-13-8-16-41-42(32)36-12-5-7-15-40(36)50-41/h1-27H. The number of pyridine rings is 1. The number of furan rings is 1. The van der Waals surface area contributed by atoms with Crippen LogP contribution in [0.2, 0.25) is 0 Å². The molecular weight excluding hydrogens is 631 g/mol. The Balaban J connectivity index is 1.21. The van der Waals surface area contributed by atoms with Crippen LogP contribution in [0.15, 0.2) is 168 Å². The van der Waals surface area contributed by atoms with Crippen molar-refractivity contribution in [3.8, 4) is 56.2 Å². The van der Waals surface area contributed by atoms with Gasteiger partial charge in [-0.25, -0.2) is 9.97 Å². The summed E-state index contributed by atoms with van der Waals surface area (Å²) in [6, 6.07) is 52.8. The number of para-hydroxylation sites is 1. The van der Waals surface area contributed by atoms with E-state index in [0.717, 1.165) is 72.3 Å². The maximum atomic E-state index is 6.78. The highest BCUT2D eigenvalue weighted by Crippen LogP contribution is 2.46. The van der Waals surface area contributed by atoms with E-state index in [1.54, 1.807) is 0 Å². The van der Waals surface area contributed by atoms with Crippen molar-refractivity contribution < 1.29 is 4.42 Å². The lowest BCUT2D eigenvalue weighted by atomic mass is 9.94. The van der Waals surface area contributed by atoms with Crippen molar-refractivity contribution in [1.29, 1.82) is 0 Å². The molecule has 0 N–H and O–H groups in total. The molecule has 0 radical (unpaired) electrons. The van der Waals surface area contributed by atoms with Crippen LogP contribution in [0.4, 0.5) is 0 Å². The summed E-state index contributed by atoms with van der Waals surface area (Å²) in [6.45, 7) is 0. The first kappa shape index (κ1) is 28.6. The van der Waals surface area contributed by atoms with Crippen molar-refractivity contribution in [2.24, 2.45) is 0 Å². The van der Waals surface area contributed by atoms with E-state index >= 15 is 0 Å². The molecule has 4 nitrogen and oxygen atoms in total. The fourth-order valence-corrected chi connectivity index (χ4v) is 8.21. The van der Waals surface area contributed by atoms with E-state index in [1.807, 2.05) is 60.1 Å². The number of hydrogen-bond acceptors (Lipinski definition) is 5. The van der Waals surface area contributed by atoms with Crippen LogP contribution in [-0.2, 0) is 0 Å². The van der Waals surface area contributed by atoms with Crippen LogP contribution < -0.4 is 0 Å². The molecule has 0 amide bonds. The number of rotatable bonds is 5. The van der Waals surface area contributed by atoms with Crippen LogP contribution in [0.3, 0.4) is 0 Å². The fraction of sp³-hybridized carbons (Fsp3) is 0. The Kier molecular flexibility index (Phi) is 6.64. The van der Waals surface area contributed by atoms with Gasteiger partial charge in [-0.2, -0.15) is 0 Å². The van der Waals surface area contributed by atoms with E-state index in [4.69, 9.17) is 14.4 Å². The predicted octanol–water partition coefficient (Wildman–Crippen LogP) is 12.5.